The number of nitrogens with two attached hydrogens (primary N) is 1. The van der Waals surface area contributed by atoms with Crippen LogP contribution in [0.1, 0.15) is 0 Å². The second-order valence-corrected chi connectivity index (χ2v) is 1.56. The Morgan fingerprint density at radius 3 is 1.80 bits per heavy atom. The molecule has 0 saturated heterocycles. The van der Waals surface area contributed by atoms with E-state index in [0.29, 0.717) is 0 Å². The zero-order valence-electron chi connectivity index (χ0n) is 2.64. The second kappa shape index (κ2) is 5.16. The van der Waals surface area contributed by atoms with E-state index in [4.69, 9.17) is 5.73 Å². The molecule has 1 nitrogen and oxygen atoms in total. The summed E-state index contributed by atoms with van der Waals surface area (Å²) in [5, 5.41) is 0. The van der Waals surface area contributed by atoms with Gasteiger partial charge in [-0.05, 0) is 0 Å². The minimum absolute atomic E-state index is 0. The average molecular weight is 302 g/mol. The molecule has 0 saturated carbocycles. The van der Waals surface area contributed by atoms with E-state index in [1.54, 1.807) is 0 Å². The topological polar surface area (TPSA) is 26.0 Å². The summed E-state index contributed by atoms with van der Waals surface area (Å²) in [7, 11) is 0. The zero-order valence-corrected chi connectivity index (χ0v) is 9.85. The third-order valence-electron chi connectivity index (χ3n) is 0. The van der Waals surface area contributed by atoms with E-state index in [1.165, 1.54) is 0 Å². The first-order valence-electron chi connectivity index (χ1n) is 0.716. The van der Waals surface area contributed by atoms with E-state index < -0.39 is 0 Å². The van der Waals surface area contributed by atoms with Gasteiger partial charge in [0, 0.05) is 0 Å². The van der Waals surface area contributed by atoms with Gasteiger partial charge in [0.2, 0.25) is 0 Å². The molecule has 0 bridgehead atoms. The molecule has 2 N–H and O–H groups in total. The van der Waals surface area contributed by atoms with Crippen molar-refractivity contribution in [3.05, 3.63) is 0 Å². The standard InChI is InChI=1S/CH3NS2.Pb.2H/c2-1(3)4;;;/h(H3,2,3,4);;;. The van der Waals surface area contributed by atoms with E-state index in [-0.39, 0.29) is 31.6 Å². The number of hydrogen-bond donors (Lipinski definition) is 2. The van der Waals surface area contributed by atoms with Gasteiger partial charge in [0.1, 0.15) is 4.32 Å². The molecular formula is CH5NPbS2. The van der Waals surface area contributed by atoms with Crippen LogP contribution in [0.2, 0.25) is 0 Å². The Hall–Kier alpha value is 1.16. The Morgan fingerprint density at radius 1 is 1.80 bits per heavy atom. The van der Waals surface area contributed by atoms with Crippen molar-refractivity contribution in [1.82, 2.24) is 0 Å². The van der Waals surface area contributed by atoms with Crippen molar-refractivity contribution in [2.24, 2.45) is 5.73 Å². The Balaban J connectivity index is 0. The van der Waals surface area contributed by atoms with E-state index in [0.717, 1.165) is 0 Å². The van der Waals surface area contributed by atoms with Gasteiger partial charge in [-0.3, -0.25) is 0 Å². The fourth-order valence-electron chi connectivity index (χ4n) is 0. The molecule has 0 spiro atoms. The average Bonchev–Trinajstić information content (AvgIpc) is 0.811. The van der Waals surface area contributed by atoms with Crippen molar-refractivity contribution in [3.63, 3.8) is 0 Å². The Kier molecular flexibility index (Phi) is 9.79. The molecule has 0 fully saturated rings. The van der Waals surface area contributed by atoms with Crippen molar-refractivity contribution in [2.45, 2.75) is 0 Å². The van der Waals surface area contributed by atoms with Crippen LogP contribution in [0.4, 0.5) is 0 Å². The Labute approximate surface area is 61.9 Å². The summed E-state index contributed by atoms with van der Waals surface area (Å²) in [5.74, 6) is 0. The molecule has 0 rings (SSSR count). The molecule has 0 amide bonds. The van der Waals surface area contributed by atoms with E-state index in [2.05, 4.69) is 24.8 Å². The van der Waals surface area contributed by atoms with Crippen molar-refractivity contribution in [3.8, 4) is 0 Å². The van der Waals surface area contributed by atoms with Crippen LogP contribution in [0, 0.1) is 0 Å². The van der Waals surface area contributed by atoms with Crippen LogP contribution >= 0.6 is 24.8 Å². The predicted octanol–water partition coefficient (Wildman–Crippen LogP) is -0.756. The summed E-state index contributed by atoms with van der Waals surface area (Å²) in [6.07, 6.45) is 0. The van der Waals surface area contributed by atoms with Crippen LogP contribution in [0.5, 0.6) is 0 Å². The molecule has 0 aromatic heterocycles. The quantitative estimate of drug-likeness (QED) is 0.350. The van der Waals surface area contributed by atoms with Gasteiger partial charge >= 0.3 is 27.3 Å². The van der Waals surface area contributed by atoms with Crippen molar-refractivity contribution in [1.29, 1.82) is 0 Å². The van der Waals surface area contributed by atoms with Crippen LogP contribution in [0.25, 0.3) is 0 Å². The van der Waals surface area contributed by atoms with Gasteiger partial charge in [-0.25, -0.2) is 0 Å². The molecule has 5 heavy (non-hydrogen) atoms. The molecule has 0 aromatic rings. The number of rotatable bonds is 0. The summed E-state index contributed by atoms with van der Waals surface area (Å²) in [4.78, 5) is 0. The molecule has 0 unspecified atom stereocenters. The van der Waals surface area contributed by atoms with Gasteiger partial charge in [-0.1, -0.05) is 12.2 Å². The SMILES string of the molecule is NC(=S)S.[PbH2]. The maximum atomic E-state index is 4.71. The predicted molar refractivity (Wildman–Crippen MR) is 34.3 cm³/mol. The molecule has 0 aliphatic rings. The van der Waals surface area contributed by atoms with Crippen LogP contribution < -0.4 is 5.73 Å². The maximum absolute atomic E-state index is 4.71. The molecule has 0 aliphatic heterocycles. The summed E-state index contributed by atoms with van der Waals surface area (Å²) < 4.78 is 0.194. The van der Waals surface area contributed by atoms with Crippen LogP contribution in [-0.4, -0.2) is 31.6 Å². The van der Waals surface area contributed by atoms with Gasteiger partial charge in [0.05, 0.1) is 0 Å². The second-order valence-electron chi connectivity index (χ2n) is 0.338. The molecule has 0 aromatic carbocycles. The normalized spacial score (nSPS) is 5.00. The first-order chi connectivity index (χ1) is 1.73. The monoisotopic (exact) mass is 303 g/mol. The summed E-state index contributed by atoms with van der Waals surface area (Å²) in [6.45, 7) is 0. The fraction of sp³-hybridized carbons (Fsp3) is 0. The van der Waals surface area contributed by atoms with E-state index in [1.807, 2.05) is 0 Å². The van der Waals surface area contributed by atoms with Crippen LogP contribution in [0.15, 0.2) is 0 Å². The molecule has 0 atom stereocenters. The van der Waals surface area contributed by atoms with E-state index in [9.17, 15) is 0 Å². The molecule has 0 aliphatic carbocycles. The Morgan fingerprint density at radius 2 is 1.80 bits per heavy atom. The molecule has 0 heterocycles. The molecule has 4 heteroatoms. The van der Waals surface area contributed by atoms with Gasteiger partial charge < -0.3 is 5.73 Å². The van der Waals surface area contributed by atoms with Gasteiger partial charge in [0.15, 0.2) is 0 Å². The first kappa shape index (κ1) is 9.48. The molecule has 2 radical (unpaired) electrons. The molecule has 30 valence electrons. The Bertz CT molecular complexity index is 32.6. The van der Waals surface area contributed by atoms with E-state index >= 15 is 0 Å². The fourth-order valence-corrected chi connectivity index (χ4v) is 0. The van der Waals surface area contributed by atoms with Gasteiger partial charge in [0.25, 0.3) is 0 Å². The first-order valence-corrected chi connectivity index (χ1v) is 1.57. The third kappa shape index (κ3) is 38.2. The van der Waals surface area contributed by atoms with Gasteiger partial charge in [-0.15, -0.1) is 12.6 Å². The zero-order chi connectivity index (χ0) is 3.58. The summed E-state index contributed by atoms with van der Waals surface area (Å²) in [6, 6.07) is 0. The van der Waals surface area contributed by atoms with Crippen LogP contribution in [0.3, 0.4) is 0 Å². The minimum atomic E-state index is 0. The molecular weight excluding hydrogens is 297 g/mol. The van der Waals surface area contributed by atoms with Crippen molar-refractivity contribution in [2.75, 3.05) is 0 Å². The van der Waals surface area contributed by atoms with Crippen molar-refractivity contribution < 1.29 is 0 Å². The number of thiol groups is 1. The summed E-state index contributed by atoms with van der Waals surface area (Å²) >= 11 is 7.65. The third-order valence-corrected chi connectivity index (χ3v) is 0. The van der Waals surface area contributed by atoms with Gasteiger partial charge in [-0.2, -0.15) is 0 Å². The van der Waals surface area contributed by atoms with Crippen molar-refractivity contribution >= 4 is 56.5 Å². The number of thiocarbonyl (C=S) groups is 1. The van der Waals surface area contributed by atoms with Crippen LogP contribution in [-0.2, 0) is 0 Å². The summed E-state index contributed by atoms with van der Waals surface area (Å²) in [5.41, 5.74) is 4.71. The number of hydrogen-bond acceptors (Lipinski definition) is 1.